The molecule has 0 aliphatic rings. The third-order valence-corrected chi connectivity index (χ3v) is 3.85. The van der Waals surface area contributed by atoms with E-state index in [2.05, 4.69) is 11.9 Å². The van der Waals surface area contributed by atoms with Crippen LogP contribution in [0.1, 0.15) is 36.8 Å². The monoisotopic (exact) mass is 247 g/mol. The number of hydrogen-bond acceptors (Lipinski definition) is 3. The number of aromatic nitrogens is 1. The summed E-state index contributed by atoms with van der Waals surface area (Å²) in [6.45, 7) is 2.13. The van der Waals surface area contributed by atoms with Gasteiger partial charge in [0.05, 0.1) is 0 Å². The zero-order chi connectivity index (χ0) is 12.1. The molecule has 2 rings (SSSR count). The molecule has 1 heterocycles. The van der Waals surface area contributed by atoms with Crippen LogP contribution in [0.5, 0.6) is 0 Å². The molecule has 1 aromatic carbocycles. The summed E-state index contributed by atoms with van der Waals surface area (Å²) in [5, 5.41) is 13.6. The normalized spacial score (nSPS) is 14.5. The number of rotatable bonds is 5. The molecule has 1 unspecified atom stereocenters. The summed E-state index contributed by atoms with van der Waals surface area (Å²) < 4.78 is 0. The van der Waals surface area contributed by atoms with E-state index >= 15 is 0 Å². The van der Waals surface area contributed by atoms with Crippen LogP contribution >= 0.6 is 11.3 Å². The predicted molar refractivity (Wildman–Crippen MR) is 71.1 cm³/mol. The smallest absolute Gasteiger partial charge is 0.141 e. The van der Waals surface area contributed by atoms with Gasteiger partial charge < -0.3 is 5.11 Å². The summed E-state index contributed by atoms with van der Waals surface area (Å²) in [6.07, 6.45) is 4.53. The maximum Gasteiger partial charge on any atom is 0.141 e. The van der Waals surface area contributed by atoms with Gasteiger partial charge in [0, 0.05) is 11.6 Å². The highest BCUT2D eigenvalue weighted by atomic mass is 32.1. The van der Waals surface area contributed by atoms with Gasteiger partial charge in [-0.25, -0.2) is 4.98 Å². The average molecular weight is 247 g/mol. The lowest BCUT2D eigenvalue weighted by Crippen LogP contribution is -2.27. The van der Waals surface area contributed by atoms with Crippen LogP contribution in [0, 0.1) is 0 Å². The van der Waals surface area contributed by atoms with E-state index in [0.29, 0.717) is 0 Å². The third kappa shape index (κ3) is 2.56. The Bertz CT molecular complexity index is 441. The summed E-state index contributed by atoms with van der Waals surface area (Å²) in [5.74, 6) is 0. The van der Waals surface area contributed by atoms with Crippen LogP contribution in [0.15, 0.2) is 41.9 Å². The van der Waals surface area contributed by atoms with Crippen molar-refractivity contribution in [3.63, 3.8) is 0 Å². The van der Waals surface area contributed by atoms with Crippen molar-refractivity contribution in [3.05, 3.63) is 52.5 Å². The average Bonchev–Trinajstić information content (AvgIpc) is 2.91. The van der Waals surface area contributed by atoms with E-state index in [-0.39, 0.29) is 0 Å². The van der Waals surface area contributed by atoms with Crippen LogP contribution < -0.4 is 0 Å². The molecule has 0 aliphatic heterocycles. The minimum Gasteiger partial charge on any atom is -0.378 e. The first-order valence-electron chi connectivity index (χ1n) is 5.95. The van der Waals surface area contributed by atoms with Gasteiger partial charge in [-0.15, -0.1) is 11.3 Å². The third-order valence-electron chi connectivity index (χ3n) is 2.93. The Morgan fingerprint density at radius 3 is 2.65 bits per heavy atom. The Kier molecular flexibility index (Phi) is 3.92. The highest BCUT2D eigenvalue weighted by Crippen LogP contribution is 2.35. The van der Waals surface area contributed by atoms with E-state index in [1.165, 1.54) is 11.3 Å². The lowest BCUT2D eigenvalue weighted by atomic mass is 9.89. The zero-order valence-corrected chi connectivity index (χ0v) is 10.8. The van der Waals surface area contributed by atoms with E-state index in [9.17, 15) is 5.11 Å². The lowest BCUT2D eigenvalue weighted by Gasteiger charge is -2.26. The highest BCUT2D eigenvalue weighted by molar-refractivity contribution is 7.09. The highest BCUT2D eigenvalue weighted by Gasteiger charge is 2.33. The molecule has 0 saturated heterocycles. The molecule has 1 N–H and O–H groups in total. The second-order valence-electron chi connectivity index (χ2n) is 4.17. The van der Waals surface area contributed by atoms with Crippen molar-refractivity contribution in [1.29, 1.82) is 0 Å². The van der Waals surface area contributed by atoms with Gasteiger partial charge in [-0.1, -0.05) is 50.1 Å². The Hall–Kier alpha value is -1.19. The van der Waals surface area contributed by atoms with Crippen molar-refractivity contribution >= 4 is 11.3 Å². The Morgan fingerprint density at radius 1 is 1.29 bits per heavy atom. The molecule has 0 spiro atoms. The molecule has 0 bridgehead atoms. The van der Waals surface area contributed by atoms with Gasteiger partial charge in [0.1, 0.15) is 10.6 Å². The first-order valence-corrected chi connectivity index (χ1v) is 6.83. The fraction of sp³-hybridized carbons (Fsp3) is 0.357. The zero-order valence-electron chi connectivity index (χ0n) is 9.97. The minimum atomic E-state index is -0.925. The number of thiazole rings is 1. The molecule has 0 aliphatic carbocycles. The van der Waals surface area contributed by atoms with Crippen molar-refractivity contribution in [1.82, 2.24) is 4.98 Å². The molecule has 3 heteroatoms. The van der Waals surface area contributed by atoms with Crippen LogP contribution in [0.2, 0.25) is 0 Å². The lowest BCUT2D eigenvalue weighted by molar-refractivity contribution is 0.0682. The van der Waals surface area contributed by atoms with Gasteiger partial charge in [0.2, 0.25) is 0 Å². The van der Waals surface area contributed by atoms with Crippen molar-refractivity contribution in [2.24, 2.45) is 0 Å². The topological polar surface area (TPSA) is 33.1 Å². The standard InChI is InChI=1S/C14H17NOS/c1-2-3-9-14(16,13-15-10-11-17-13)12-7-5-4-6-8-12/h4-8,10-11,16H,2-3,9H2,1H3. The molecule has 90 valence electrons. The van der Waals surface area contributed by atoms with E-state index in [1.54, 1.807) is 6.20 Å². The molecule has 2 aromatic rings. The van der Waals surface area contributed by atoms with Crippen molar-refractivity contribution in [2.75, 3.05) is 0 Å². The first kappa shape index (κ1) is 12.3. The number of hydrogen-bond donors (Lipinski definition) is 1. The SMILES string of the molecule is CCCCC(O)(c1ccccc1)c1nccs1. The van der Waals surface area contributed by atoms with Gasteiger partial charge in [0.15, 0.2) is 0 Å². The van der Waals surface area contributed by atoms with Crippen molar-refractivity contribution in [2.45, 2.75) is 31.8 Å². The van der Waals surface area contributed by atoms with E-state index < -0.39 is 5.60 Å². The van der Waals surface area contributed by atoms with Crippen LogP contribution in [0.3, 0.4) is 0 Å². The summed E-state index contributed by atoms with van der Waals surface area (Å²) >= 11 is 1.51. The van der Waals surface area contributed by atoms with Gasteiger partial charge >= 0.3 is 0 Å². The molecule has 0 amide bonds. The van der Waals surface area contributed by atoms with Crippen LogP contribution in [0.25, 0.3) is 0 Å². The number of unbranched alkanes of at least 4 members (excludes halogenated alkanes) is 1. The summed E-state index contributed by atoms with van der Waals surface area (Å²) in [7, 11) is 0. The van der Waals surface area contributed by atoms with Crippen LogP contribution in [0.4, 0.5) is 0 Å². The molecule has 0 radical (unpaired) electrons. The summed E-state index contributed by atoms with van der Waals surface area (Å²) in [6, 6.07) is 9.82. The largest absolute Gasteiger partial charge is 0.378 e. The summed E-state index contributed by atoms with van der Waals surface area (Å²) in [5.41, 5.74) is 0.00854. The molecule has 17 heavy (non-hydrogen) atoms. The fourth-order valence-electron chi connectivity index (χ4n) is 1.95. The summed E-state index contributed by atoms with van der Waals surface area (Å²) in [4.78, 5) is 4.29. The van der Waals surface area contributed by atoms with Gasteiger partial charge in [-0.2, -0.15) is 0 Å². The van der Waals surface area contributed by atoms with Crippen LogP contribution in [-0.4, -0.2) is 10.1 Å². The number of nitrogens with zero attached hydrogens (tertiary/aromatic N) is 1. The predicted octanol–water partition coefficient (Wildman–Crippen LogP) is 3.57. The van der Waals surface area contributed by atoms with Crippen LogP contribution in [-0.2, 0) is 5.60 Å². The minimum absolute atomic E-state index is 0.723. The molecular formula is C14H17NOS. The molecule has 0 fully saturated rings. The van der Waals surface area contributed by atoms with E-state index in [4.69, 9.17) is 0 Å². The maximum atomic E-state index is 10.9. The van der Waals surface area contributed by atoms with Gasteiger partial charge in [-0.3, -0.25) is 0 Å². The molecule has 0 saturated carbocycles. The van der Waals surface area contributed by atoms with Gasteiger partial charge in [0.25, 0.3) is 0 Å². The molecule has 2 nitrogen and oxygen atoms in total. The maximum absolute atomic E-state index is 10.9. The van der Waals surface area contributed by atoms with E-state index in [0.717, 1.165) is 29.8 Å². The molecular weight excluding hydrogens is 230 g/mol. The van der Waals surface area contributed by atoms with Crippen molar-refractivity contribution in [3.8, 4) is 0 Å². The number of benzene rings is 1. The van der Waals surface area contributed by atoms with Gasteiger partial charge in [-0.05, 0) is 12.0 Å². The van der Waals surface area contributed by atoms with Crippen molar-refractivity contribution < 1.29 is 5.11 Å². The Labute approximate surface area is 106 Å². The first-order chi connectivity index (χ1) is 8.27. The second-order valence-corrected chi connectivity index (χ2v) is 5.06. The Balaban J connectivity index is 2.37. The number of aliphatic hydroxyl groups is 1. The van der Waals surface area contributed by atoms with E-state index in [1.807, 2.05) is 35.7 Å². The molecule has 1 atom stereocenters. The fourth-order valence-corrected chi connectivity index (χ4v) is 2.74. The quantitative estimate of drug-likeness (QED) is 0.876. The second kappa shape index (κ2) is 5.43. The molecule has 1 aromatic heterocycles. The Morgan fingerprint density at radius 2 is 2.06 bits per heavy atom.